The molecular weight excluding hydrogens is 415 g/mol. The molecule has 0 radical (unpaired) electrons. The fourth-order valence-corrected chi connectivity index (χ4v) is 4.77. The molecule has 1 heterocycles. The number of piperidine rings is 1. The maximum atomic E-state index is 12.9. The first-order valence-electron chi connectivity index (χ1n) is 11.5. The Balaban J connectivity index is 1.12. The van der Waals surface area contributed by atoms with Crippen molar-refractivity contribution in [1.82, 2.24) is 10.2 Å². The van der Waals surface area contributed by atoms with Gasteiger partial charge in [0.2, 0.25) is 0 Å². The molecule has 170 valence electrons. The number of benzene rings is 2. The summed E-state index contributed by atoms with van der Waals surface area (Å²) in [5.74, 6) is -0.0583. The minimum absolute atomic E-state index is 0.0110. The maximum absolute atomic E-state index is 12.9. The molecule has 2 saturated carbocycles. The lowest BCUT2D eigenvalue weighted by molar-refractivity contribution is -0.137. The van der Waals surface area contributed by atoms with Gasteiger partial charge in [-0.25, -0.2) is 0 Å². The summed E-state index contributed by atoms with van der Waals surface area (Å²) in [5.41, 5.74) is 0.970. The second-order valence-corrected chi connectivity index (χ2v) is 9.31. The number of hydrogen-bond donors (Lipinski definition) is 2. The number of nitrogens with zero attached hydrogens (tertiary/aromatic N) is 1. The van der Waals surface area contributed by atoms with Gasteiger partial charge in [0.25, 0.3) is 5.91 Å². The number of amides is 1. The number of halogens is 3. The predicted molar refractivity (Wildman–Crippen MR) is 118 cm³/mol. The smallest absolute Gasteiger partial charge is 0.322 e. The first-order valence-corrected chi connectivity index (χ1v) is 11.5. The number of carbonyl (C=O) groups is 1. The molecule has 2 aliphatic carbocycles. The van der Waals surface area contributed by atoms with Crippen LogP contribution in [0.3, 0.4) is 0 Å². The van der Waals surface area contributed by atoms with E-state index in [9.17, 15) is 18.0 Å². The van der Waals surface area contributed by atoms with Crippen molar-refractivity contribution >= 4 is 11.6 Å². The molecule has 2 aromatic carbocycles. The molecule has 5 rings (SSSR count). The van der Waals surface area contributed by atoms with E-state index in [1.165, 1.54) is 56.5 Å². The van der Waals surface area contributed by atoms with Gasteiger partial charge in [-0.3, -0.25) is 4.79 Å². The number of hydrogen-bond acceptors (Lipinski definition) is 3. The first-order chi connectivity index (χ1) is 15.4. The van der Waals surface area contributed by atoms with Crippen LogP contribution in [0.5, 0.6) is 0 Å². The third-order valence-corrected chi connectivity index (χ3v) is 6.88. The van der Waals surface area contributed by atoms with Gasteiger partial charge in [0.05, 0.1) is 5.56 Å². The number of likely N-dealkylation sites (tertiary alicyclic amines) is 1. The second kappa shape index (κ2) is 8.52. The SMILES string of the molecule is O=C(Nc1ccc([C@@H]2C[C@H]2NC2CCN(C3CC3)CC2)cc1)c1cccc(C(F)(F)F)c1. The van der Waals surface area contributed by atoms with E-state index in [-0.39, 0.29) is 5.56 Å². The molecule has 1 aliphatic heterocycles. The zero-order chi connectivity index (χ0) is 22.3. The highest BCUT2D eigenvalue weighted by Crippen LogP contribution is 2.42. The standard InChI is InChI=1S/C25H28F3N3O/c26-25(27,28)18-3-1-2-17(14-18)24(32)30-19-6-4-16(5-7-19)22-15-23(22)29-20-10-12-31(13-11-20)21-8-9-21/h1-7,14,20-23,29H,8-13,15H2,(H,30,32)/t22-,23+/m0/s1. The number of alkyl halides is 3. The first kappa shape index (κ1) is 21.5. The number of carbonyl (C=O) groups excluding carboxylic acids is 1. The zero-order valence-corrected chi connectivity index (χ0v) is 17.9. The molecule has 7 heteroatoms. The third-order valence-electron chi connectivity index (χ3n) is 6.88. The molecule has 32 heavy (non-hydrogen) atoms. The zero-order valence-electron chi connectivity index (χ0n) is 17.9. The molecule has 0 unspecified atom stereocenters. The minimum Gasteiger partial charge on any atom is -0.322 e. The van der Waals surface area contributed by atoms with Crippen molar-refractivity contribution < 1.29 is 18.0 Å². The van der Waals surface area contributed by atoms with E-state index in [1.807, 2.05) is 24.3 Å². The minimum atomic E-state index is -4.47. The van der Waals surface area contributed by atoms with Crippen LogP contribution < -0.4 is 10.6 Å². The van der Waals surface area contributed by atoms with Gasteiger partial charge >= 0.3 is 6.18 Å². The Kier molecular flexibility index (Phi) is 5.72. The monoisotopic (exact) mass is 443 g/mol. The molecule has 0 aromatic heterocycles. The Morgan fingerprint density at radius 3 is 2.34 bits per heavy atom. The Hall–Kier alpha value is -2.38. The normalized spacial score (nSPS) is 24.3. The highest BCUT2D eigenvalue weighted by atomic mass is 19.4. The average molecular weight is 444 g/mol. The van der Waals surface area contributed by atoms with Crippen LogP contribution in [0.25, 0.3) is 0 Å². The Labute approximate surface area is 186 Å². The summed E-state index contributed by atoms with van der Waals surface area (Å²) in [5, 5.41) is 6.51. The van der Waals surface area contributed by atoms with Crippen LogP contribution in [0.15, 0.2) is 48.5 Å². The Bertz CT molecular complexity index is 963. The van der Waals surface area contributed by atoms with Crippen molar-refractivity contribution in [1.29, 1.82) is 0 Å². The van der Waals surface area contributed by atoms with Gasteiger partial charge in [-0.2, -0.15) is 13.2 Å². The van der Waals surface area contributed by atoms with Gasteiger partial charge in [-0.15, -0.1) is 0 Å². The van der Waals surface area contributed by atoms with Crippen molar-refractivity contribution in [3.05, 3.63) is 65.2 Å². The Morgan fingerprint density at radius 2 is 1.69 bits per heavy atom. The van der Waals surface area contributed by atoms with Crippen molar-refractivity contribution in [2.75, 3.05) is 18.4 Å². The molecule has 1 saturated heterocycles. The van der Waals surface area contributed by atoms with Gasteiger partial charge in [0, 0.05) is 35.3 Å². The fourth-order valence-electron chi connectivity index (χ4n) is 4.77. The summed E-state index contributed by atoms with van der Waals surface area (Å²) < 4.78 is 38.6. The lowest BCUT2D eigenvalue weighted by Crippen LogP contribution is -2.44. The molecule has 2 N–H and O–H groups in total. The third kappa shape index (κ3) is 4.99. The Morgan fingerprint density at radius 1 is 0.969 bits per heavy atom. The quantitative estimate of drug-likeness (QED) is 0.658. The van der Waals surface area contributed by atoms with E-state index >= 15 is 0 Å². The van der Waals surface area contributed by atoms with E-state index in [0.29, 0.717) is 23.7 Å². The van der Waals surface area contributed by atoms with Crippen LogP contribution in [-0.4, -0.2) is 42.0 Å². The fraction of sp³-hybridized carbons (Fsp3) is 0.480. The number of anilines is 1. The summed E-state index contributed by atoms with van der Waals surface area (Å²) in [6.07, 6.45) is 1.85. The summed E-state index contributed by atoms with van der Waals surface area (Å²) in [6.45, 7) is 2.42. The predicted octanol–water partition coefficient (Wildman–Crippen LogP) is 5.03. The molecule has 2 atom stereocenters. The van der Waals surface area contributed by atoms with E-state index in [0.717, 1.165) is 24.6 Å². The van der Waals surface area contributed by atoms with E-state index in [2.05, 4.69) is 15.5 Å². The molecular formula is C25H28F3N3O. The summed E-state index contributed by atoms with van der Waals surface area (Å²) in [6, 6.07) is 14.1. The summed E-state index contributed by atoms with van der Waals surface area (Å²) in [4.78, 5) is 15.0. The van der Waals surface area contributed by atoms with E-state index in [1.54, 1.807) is 0 Å². The van der Waals surface area contributed by atoms with E-state index in [4.69, 9.17) is 0 Å². The molecule has 2 aromatic rings. The van der Waals surface area contributed by atoms with Crippen LogP contribution in [0, 0.1) is 0 Å². The van der Waals surface area contributed by atoms with Crippen LogP contribution in [-0.2, 0) is 6.18 Å². The average Bonchev–Trinajstić information content (AvgIpc) is 3.70. The van der Waals surface area contributed by atoms with Crippen LogP contribution in [0.2, 0.25) is 0 Å². The second-order valence-electron chi connectivity index (χ2n) is 9.31. The van der Waals surface area contributed by atoms with Crippen molar-refractivity contribution in [2.45, 2.75) is 62.3 Å². The van der Waals surface area contributed by atoms with Crippen molar-refractivity contribution in [3.63, 3.8) is 0 Å². The van der Waals surface area contributed by atoms with Gasteiger partial charge in [-0.1, -0.05) is 18.2 Å². The van der Waals surface area contributed by atoms with Crippen LogP contribution >= 0.6 is 0 Å². The number of nitrogens with one attached hydrogen (secondary N) is 2. The molecule has 0 bridgehead atoms. The largest absolute Gasteiger partial charge is 0.416 e. The summed E-state index contributed by atoms with van der Waals surface area (Å²) in [7, 11) is 0. The lowest BCUT2D eigenvalue weighted by atomic mass is 10.0. The molecule has 4 nitrogen and oxygen atoms in total. The maximum Gasteiger partial charge on any atom is 0.416 e. The van der Waals surface area contributed by atoms with Crippen molar-refractivity contribution in [2.24, 2.45) is 0 Å². The van der Waals surface area contributed by atoms with Crippen molar-refractivity contribution in [3.8, 4) is 0 Å². The van der Waals surface area contributed by atoms with Gasteiger partial charge in [0.1, 0.15) is 0 Å². The highest BCUT2D eigenvalue weighted by Gasteiger charge is 2.40. The van der Waals surface area contributed by atoms with Crippen LogP contribution in [0.1, 0.15) is 59.5 Å². The molecule has 3 aliphatic rings. The molecule has 3 fully saturated rings. The van der Waals surface area contributed by atoms with E-state index < -0.39 is 17.6 Å². The lowest BCUT2D eigenvalue weighted by Gasteiger charge is -2.32. The number of rotatable bonds is 6. The summed E-state index contributed by atoms with van der Waals surface area (Å²) >= 11 is 0. The van der Waals surface area contributed by atoms with Gasteiger partial charge in [0.15, 0.2) is 0 Å². The molecule has 0 spiro atoms. The van der Waals surface area contributed by atoms with Gasteiger partial charge < -0.3 is 15.5 Å². The topological polar surface area (TPSA) is 44.4 Å². The van der Waals surface area contributed by atoms with Gasteiger partial charge in [-0.05, 0) is 81.1 Å². The highest BCUT2D eigenvalue weighted by molar-refractivity contribution is 6.04. The molecule has 1 amide bonds. The van der Waals surface area contributed by atoms with Crippen LogP contribution in [0.4, 0.5) is 18.9 Å².